The van der Waals surface area contributed by atoms with Crippen molar-refractivity contribution in [3.63, 3.8) is 0 Å². The third-order valence-electron chi connectivity index (χ3n) is 4.07. The van der Waals surface area contributed by atoms with Crippen molar-refractivity contribution in [1.82, 2.24) is 15.3 Å². The van der Waals surface area contributed by atoms with Gasteiger partial charge in [0.1, 0.15) is 17.3 Å². The van der Waals surface area contributed by atoms with E-state index in [4.69, 9.17) is 4.74 Å². The highest BCUT2D eigenvalue weighted by Crippen LogP contribution is 2.17. The number of hydrogen-bond donors (Lipinski definition) is 2. The van der Waals surface area contributed by atoms with Gasteiger partial charge in [0.2, 0.25) is 0 Å². The molecule has 138 valence electrons. The molecule has 1 heterocycles. The second-order valence-corrected chi connectivity index (χ2v) is 5.94. The van der Waals surface area contributed by atoms with Crippen LogP contribution in [-0.2, 0) is 13.0 Å². The van der Waals surface area contributed by atoms with Crippen molar-refractivity contribution in [2.45, 2.75) is 13.0 Å². The monoisotopic (exact) mass is 362 g/mol. The first-order chi connectivity index (χ1) is 13.3. The second-order valence-electron chi connectivity index (χ2n) is 5.94. The van der Waals surface area contributed by atoms with Crippen LogP contribution < -0.4 is 15.4 Å². The van der Waals surface area contributed by atoms with Gasteiger partial charge < -0.3 is 15.4 Å². The number of carbonyl (C=O) groups is 1. The van der Waals surface area contributed by atoms with E-state index in [-0.39, 0.29) is 5.91 Å². The number of anilines is 1. The summed E-state index contributed by atoms with van der Waals surface area (Å²) < 4.78 is 5.34. The number of aromatic nitrogens is 2. The zero-order valence-corrected chi connectivity index (χ0v) is 15.2. The Kier molecular flexibility index (Phi) is 6.35. The molecule has 0 aliphatic heterocycles. The summed E-state index contributed by atoms with van der Waals surface area (Å²) in [5.41, 5.74) is 2.45. The molecular formula is C21H22N4O2. The summed E-state index contributed by atoms with van der Waals surface area (Å²) in [6, 6.07) is 17.6. The Hall–Kier alpha value is -3.41. The standard InChI is InChI=1S/C21H22N4O2/c1-27-19-10-6-5-9-17(19)11-12-22-20-15-23-18(14-24-20)21(26)25-13-16-7-3-2-4-8-16/h2-10,14-15H,11-13H2,1H3,(H,22,24)(H,25,26). The number of benzene rings is 2. The molecule has 0 radical (unpaired) electrons. The molecule has 27 heavy (non-hydrogen) atoms. The van der Waals surface area contributed by atoms with Gasteiger partial charge in [-0.3, -0.25) is 4.79 Å². The molecule has 6 nitrogen and oxygen atoms in total. The lowest BCUT2D eigenvalue weighted by Gasteiger charge is -2.09. The van der Waals surface area contributed by atoms with E-state index in [1.165, 1.54) is 6.20 Å². The SMILES string of the molecule is COc1ccccc1CCNc1cnc(C(=O)NCc2ccccc2)cn1. The van der Waals surface area contributed by atoms with Gasteiger partial charge in [-0.25, -0.2) is 9.97 Å². The van der Waals surface area contributed by atoms with Crippen LogP contribution >= 0.6 is 0 Å². The van der Waals surface area contributed by atoms with Gasteiger partial charge in [-0.2, -0.15) is 0 Å². The molecule has 2 N–H and O–H groups in total. The number of para-hydroxylation sites is 1. The summed E-state index contributed by atoms with van der Waals surface area (Å²) in [4.78, 5) is 20.6. The Morgan fingerprint density at radius 3 is 2.52 bits per heavy atom. The van der Waals surface area contributed by atoms with Crippen LogP contribution in [0.5, 0.6) is 5.75 Å². The number of nitrogens with one attached hydrogen (secondary N) is 2. The predicted molar refractivity (Wildman–Crippen MR) is 105 cm³/mol. The van der Waals surface area contributed by atoms with E-state index in [0.29, 0.717) is 24.6 Å². The molecular weight excluding hydrogens is 340 g/mol. The average Bonchev–Trinajstić information content (AvgIpc) is 2.73. The lowest BCUT2D eigenvalue weighted by atomic mass is 10.1. The zero-order valence-electron chi connectivity index (χ0n) is 15.2. The second kappa shape index (κ2) is 9.33. The number of nitrogens with zero attached hydrogens (tertiary/aromatic N) is 2. The molecule has 2 aromatic carbocycles. The molecule has 0 bridgehead atoms. The van der Waals surface area contributed by atoms with Crippen molar-refractivity contribution < 1.29 is 9.53 Å². The van der Waals surface area contributed by atoms with E-state index >= 15 is 0 Å². The molecule has 1 aromatic heterocycles. The summed E-state index contributed by atoms with van der Waals surface area (Å²) in [5.74, 6) is 1.26. The molecule has 0 saturated carbocycles. The minimum absolute atomic E-state index is 0.244. The number of hydrogen-bond acceptors (Lipinski definition) is 5. The van der Waals surface area contributed by atoms with Crippen molar-refractivity contribution in [1.29, 1.82) is 0 Å². The number of carbonyl (C=O) groups excluding carboxylic acids is 1. The number of amides is 1. The maximum atomic E-state index is 12.2. The Balaban J connectivity index is 1.49. The summed E-state index contributed by atoms with van der Waals surface area (Å²) in [7, 11) is 1.67. The van der Waals surface area contributed by atoms with Gasteiger partial charge in [0.05, 0.1) is 19.5 Å². The third kappa shape index (κ3) is 5.28. The van der Waals surface area contributed by atoms with Crippen LogP contribution in [0.2, 0.25) is 0 Å². The normalized spacial score (nSPS) is 10.3. The third-order valence-corrected chi connectivity index (χ3v) is 4.07. The van der Waals surface area contributed by atoms with Crippen molar-refractivity contribution in [2.75, 3.05) is 19.0 Å². The largest absolute Gasteiger partial charge is 0.496 e. The quantitative estimate of drug-likeness (QED) is 0.644. The van der Waals surface area contributed by atoms with Gasteiger partial charge in [0, 0.05) is 13.1 Å². The van der Waals surface area contributed by atoms with E-state index in [2.05, 4.69) is 20.6 Å². The van der Waals surface area contributed by atoms with E-state index < -0.39 is 0 Å². The highest BCUT2D eigenvalue weighted by Gasteiger charge is 2.08. The van der Waals surface area contributed by atoms with E-state index in [1.54, 1.807) is 13.3 Å². The first kappa shape index (κ1) is 18.4. The van der Waals surface area contributed by atoms with Crippen LogP contribution in [0, 0.1) is 0 Å². The van der Waals surface area contributed by atoms with Gasteiger partial charge in [-0.15, -0.1) is 0 Å². The fourth-order valence-electron chi connectivity index (χ4n) is 2.64. The first-order valence-electron chi connectivity index (χ1n) is 8.76. The number of ether oxygens (including phenoxy) is 1. The molecule has 3 rings (SSSR count). The van der Waals surface area contributed by atoms with Gasteiger partial charge >= 0.3 is 0 Å². The zero-order chi connectivity index (χ0) is 18.9. The van der Waals surface area contributed by atoms with Gasteiger partial charge in [0.25, 0.3) is 5.91 Å². The number of rotatable bonds is 8. The van der Waals surface area contributed by atoms with Crippen LogP contribution in [0.25, 0.3) is 0 Å². The van der Waals surface area contributed by atoms with Gasteiger partial charge in [-0.05, 0) is 23.6 Å². The molecule has 3 aromatic rings. The van der Waals surface area contributed by atoms with Crippen LogP contribution in [0.15, 0.2) is 67.0 Å². The van der Waals surface area contributed by atoms with E-state index in [0.717, 1.165) is 23.3 Å². The highest BCUT2D eigenvalue weighted by atomic mass is 16.5. The van der Waals surface area contributed by atoms with Gasteiger partial charge in [-0.1, -0.05) is 48.5 Å². The van der Waals surface area contributed by atoms with Gasteiger partial charge in [0.15, 0.2) is 0 Å². The van der Waals surface area contributed by atoms with Crippen molar-refractivity contribution >= 4 is 11.7 Å². The highest BCUT2D eigenvalue weighted by molar-refractivity contribution is 5.91. The summed E-state index contributed by atoms with van der Waals surface area (Å²) >= 11 is 0. The molecule has 0 aliphatic carbocycles. The van der Waals surface area contributed by atoms with Crippen molar-refractivity contribution in [3.05, 3.63) is 83.8 Å². The lowest BCUT2D eigenvalue weighted by Crippen LogP contribution is -2.24. The maximum absolute atomic E-state index is 12.2. The fraction of sp³-hybridized carbons (Fsp3) is 0.190. The summed E-state index contributed by atoms with van der Waals surface area (Å²) in [6.07, 6.45) is 3.84. The molecule has 0 unspecified atom stereocenters. The molecule has 0 spiro atoms. The molecule has 0 aliphatic rings. The van der Waals surface area contributed by atoms with Crippen molar-refractivity contribution in [2.24, 2.45) is 0 Å². The smallest absolute Gasteiger partial charge is 0.271 e. The molecule has 6 heteroatoms. The molecule has 0 saturated heterocycles. The average molecular weight is 362 g/mol. The first-order valence-corrected chi connectivity index (χ1v) is 8.76. The lowest BCUT2D eigenvalue weighted by molar-refractivity contribution is 0.0945. The maximum Gasteiger partial charge on any atom is 0.271 e. The Bertz CT molecular complexity index is 867. The molecule has 0 atom stereocenters. The van der Waals surface area contributed by atoms with Crippen LogP contribution in [0.1, 0.15) is 21.6 Å². The Morgan fingerprint density at radius 1 is 1.00 bits per heavy atom. The van der Waals surface area contributed by atoms with Crippen LogP contribution in [0.4, 0.5) is 5.82 Å². The summed E-state index contributed by atoms with van der Waals surface area (Å²) in [5, 5.41) is 6.04. The fourth-order valence-corrected chi connectivity index (χ4v) is 2.64. The predicted octanol–water partition coefficient (Wildman–Crippen LogP) is 3.07. The van der Waals surface area contributed by atoms with Crippen LogP contribution in [0.3, 0.4) is 0 Å². The minimum atomic E-state index is -0.244. The Labute approximate surface area is 158 Å². The minimum Gasteiger partial charge on any atom is -0.496 e. The number of methoxy groups -OCH3 is 1. The Morgan fingerprint density at radius 2 is 1.78 bits per heavy atom. The van der Waals surface area contributed by atoms with E-state index in [9.17, 15) is 4.79 Å². The topological polar surface area (TPSA) is 76.1 Å². The van der Waals surface area contributed by atoms with Crippen molar-refractivity contribution in [3.8, 4) is 5.75 Å². The summed E-state index contributed by atoms with van der Waals surface area (Å²) in [6.45, 7) is 1.15. The molecule has 1 amide bonds. The van der Waals surface area contributed by atoms with E-state index in [1.807, 2.05) is 54.6 Å². The molecule has 0 fully saturated rings. The van der Waals surface area contributed by atoms with Crippen LogP contribution in [-0.4, -0.2) is 29.5 Å².